The Kier molecular flexibility index (Phi) is 6.01. The monoisotopic (exact) mass is 374 g/mol. The first-order valence-corrected chi connectivity index (χ1v) is 9.04. The van der Waals surface area contributed by atoms with Crippen LogP contribution in [0, 0.1) is 0 Å². The Morgan fingerprint density at radius 3 is 2.11 bits per heavy atom. The summed E-state index contributed by atoms with van der Waals surface area (Å²) in [7, 11) is 0. The van der Waals surface area contributed by atoms with Crippen LogP contribution in [0.5, 0.6) is 0 Å². The van der Waals surface area contributed by atoms with Gasteiger partial charge in [-0.1, -0.05) is 19.1 Å². The fourth-order valence-corrected chi connectivity index (χ4v) is 2.66. The summed E-state index contributed by atoms with van der Waals surface area (Å²) >= 11 is 0. The molecule has 1 heterocycles. The second-order valence-electron chi connectivity index (χ2n) is 6.32. The first kappa shape index (κ1) is 19.1. The highest BCUT2D eigenvalue weighted by Gasteiger charge is 2.08. The number of nitrogens with zero attached hydrogens (tertiary/aromatic N) is 1. The van der Waals surface area contributed by atoms with E-state index in [2.05, 4.69) is 27.9 Å². The number of aromatic nitrogens is 1. The van der Waals surface area contributed by atoms with Crippen molar-refractivity contribution in [2.24, 2.45) is 0 Å². The molecule has 3 N–H and O–H groups in total. The normalized spacial score (nSPS) is 10.2. The van der Waals surface area contributed by atoms with Crippen LogP contribution in [0.15, 0.2) is 66.9 Å². The molecule has 6 nitrogen and oxygen atoms in total. The zero-order chi connectivity index (χ0) is 19.9. The van der Waals surface area contributed by atoms with Crippen molar-refractivity contribution in [3.8, 4) is 0 Å². The smallest absolute Gasteiger partial charge is 0.255 e. The minimum absolute atomic E-state index is 0.120. The highest BCUT2D eigenvalue weighted by Crippen LogP contribution is 2.19. The van der Waals surface area contributed by atoms with E-state index in [1.807, 2.05) is 36.4 Å². The van der Waals surface area contributed by atoms with Crippen LogP contribution in [0.25, 0.3) is 0 Å². The average molecular weight is 374 g/mol. The fraction of sp³-hybridized carbons (Fsp3) is 0.136. The summed E-state index contributed by atoms with van der Waals surface area (Å²) < 4.78 is 0. The maximum absolute atomic E-state index is 12.5. The van der Waals surface area contributed by atoms with Crippen LogP contribution in [0.2, 0.25) is 0 Å². The molecule has 6 heteroatoms. The van der Waals surface area contributed by atoms with Gasteiger partial charge in [-0.3, -0.25) is 9.59 Å². The zero-order valence-electron chi connectivity index (χ0n) is 15.8. The molecule has 0 fully saturated rings. The van der Waals surface area contributed by atoms with Gasteiger partial charge >= 0.3 is 0 Å². The van der Waals surface area contributed by atoms with E-state index in [0.29, 0.717) is 17.1 Å². The molecule has 142 valence electrons. The molecular formula is C22H22N4O2. The molecule has 3 aromatic rings. The van der Waals surface area contributed by atoms with E-state index in [4.69, 9.17) is 0 Å². The number of carbonyl (C=O) groups excluding carboxylic acids is 2. The summed E-state index contributed by atoms with van der Waals surface area (Å²) in [4.78, 5) is 27.8. The van der Waals surface area contributed by atoms with Crippen LogP contribution in [-0.2, 0) is 11.2 Å². The lowest BCUT2D eigenvalue weighted by Crippen LogP contribution is -2.12. The standard InChI is InChI=1S/C22H22N4O2/c1-3-16-4-6-20(7-5-16)26-22(28)17-12-13-23-21(14-17)25-19-10-8-18(9-11-19)24-15(2)27/h4-14H,3H2,1-2H3,(H,23,25)(H,24,27)(H,26,28). The van der Waals surface area contributed by atoms with E-state index in [0.717, 1.165) is 17.8 Å². The predicted octanol–water partition coefficient (Wildman–Crippen LogP) is 4.60. The van der Waals surface area contributed by atoms with E-state index in [-0.39, 0.29) is 11.8 Å². The number of amides is 2. The number of benzene rings is 2. The molecule has 0 atom stereocenters. The number of nitrogens with one attached hydrogen (secondary N) is 3. The van der Waals surface area contributed by atoms with Crippen LogP contribution in [0.4, 0.5) is 22.9 Å². The van der Waals surface area contributed by atoms with Crippen molar-refractivity contribution >= 4 is 34.7 Å². The number of anilines is 4. The molecular weight excluding hydrogens is 352 g/mol. The van der Waals surface area contributed by atoms with Gasteiger partial charge in [-0.05, 0) is 60.5 Å². The Bertz CT molecular complexity index is 967. The van der Waals surface area contributed by atoms with Crippen molar-refractivity contribution in [3.63, 3.8) is 0 Å². The lowest BCUT2D eigenvalue weighted by molar-refractivity contribution is -0.114. The van der Waals surface area contributed by atoms with Gasteiger partial charge in [0.2, 0.25) is 5.91 Å². The molecule has 0 aliphatic rings. The molecule has 0 saturated heterocycles. The second-order valence-corrected chi connectivity index (χ2v) is 6.32. The van der Waals surface area contributed by atoms with Crippen molar-refractivity contribution in [3.05, 3.63) is 78.0 Å². The number of hydrogen-bond acceptors (Lipinski definition) is 4. The van der Waals surface area contributed by atoms with Gasteiger partial charge in [-0.25, -0.2) is 4.98 Å². The second kappa shape index (κ2) is 8.81. The highest BCUT2D eigenvalue weighted by atomic mass is 16.2. The third-order valence-corrected chi connectivity index (χ3v) is 4.12. The molecule has 2 amide bonds. The van der Waals surface area contributed by atoms with Gasteiger partial charge in [-0.2, -0.15) is 0 Å². The van der Waals surface area contributed by atoms with Crippen LogP contribution < -0.4 is 16.0 Å². The average Bonchev–Trinajstić information content (AvgIpc) is 2.70. The Hall–Kier alpha value is -3.67. The van der Waals surface area contributed by atoms with Gasteiger partial charge in [0.25, 0.3) is 5.91 Å². The summed E-state index contributed by atoms with van der Waals surface area (Å²) in [5.74, 6) is 0.238. The Balaban J connectivity index is 1.67. The van der Waals surface area contributed by atoms with Gasteiger partial charge in [0.05, 0.1) is 0 Å². The Morgan fingerprint density at radius 2 is 1.46 bits per heavy atom. The summed E-state index contributed by atoms with van der Waals surface area (Å²) in [6.45, 7) is 3.55. The van der Waals surface area contributed by atoms with Gasteiger partial charge in [0.15, 0.2) is 0 Å². The van der Waals surface area contributed by atoms with E-state index in [1.54, 1.807) is 30.5 Å². The van der Waals surface area contributed by atoms with Crippen molar-refractivity contribution in [1.82, 2.24) is 4.98 Å². The van der Waals surface area contributed by atoms with Crippen LogP contribution >= 0.6 is 0 Å². The fourth-order valence-electron chi connectivity index (χ4n) is 2.66. The van der Waals surface area contributed by atoms with Crippen molar-refractivity contribution in [2.45, 2.75) is 20.3 Å². The summed E-state index contributed by atoms with van der Waals surface area (Å²) in [6, 6.07) is 18.4. The predicted molar refractivity (Wildman–Crippen MR) is 112 cm³/mol. The van der Waals surface area contributed by atoms with Gasteiger partial charge in [-0.15, -0.1) is 0 Å². The summed E-state index contributed by atoms with van der Waals surface area (Å²) in [5, 5.41) is 8.76. The third kappa shape index (κ3) is 5.17. The number of aryl methyl sites for hydroxylation is 1. The maximum atomic E-state index is 12.5. The van der Waals surface area contributed by atoms with Gasteiger partial charge in [0.1, 0.15) is 5.82 Å². The molecule has 0 saturated carbocycles. The molecule has 0 aliphatic heterocycles. The lowest BCUT2D eigenvalue weighted by Gasteiger charge is -2.09. The molecule has 2 aromatic carbocycles. The first-order valence-electron chi connectivity index (χ1n) is 9.04. The molecule has 3 rings (SSSR count). The van der Waals surface area contributed by atoms with Crippen LogP contribution in [-0.4, -0.2) is 16.8 Å². The minimum Gasteiger partial charge on any atom is -0.340 e. The number of carbonyl (C=O) groups is 2. The van der Waals surface area contributed by atoms with E-state index in [1.165, 1.54) is 12.5 Å². The van der Waals surface area contributed by atoms with Crippen molar-refractivity contribution in [2.75, 3.05) is 16.0 Å². The molecule has 0 aliphatic carbocycles. The molecule has 0 bridgehead atoms. The number of rotatable bonds is 6. The lowest BCUT2D eigenvalue weighted by atomic mass is 10.1. The largest absolute Gasteiger partial charge is 0.340 e. The topological polar surface area (TPSA) is 83.1 Å². The van der Waals surface area contributed by atoms with Gasteiger partial charge < -0.3 is 16.0 Å². The Morgan fingerprint density at radius 1 is 0.857 bits per heavy atom. The number of hydrogen-bond donors (Lipinski definition) is 3. The summed E-state index contributed by atoms with van der Waals surface area (Å²) in [5.41, 5.74) is 3.99. The molecule has 0 radical (unpaired) electrons. The molecule has 28 heavy (non-hydrogen) atoms. The van der Waals surface area contributed by atoms with Crippen molar-refractivity contribution in [1.29, 1.82) is 0 Å². The maximum Gasteiger partial charge on any atom is 0.255 e. The van der Waals surface area contributed by atoms with Crippen LogP contribution in [0.3, 0.4) is 0 Å². The third-order valence-electron chi connectivity index (χ3n) is 4.12. The zero-order valence-corrected chi connectivity index (χ0v) is 15.8. The highest BCUT2D eigenvalue weighted by molar-refractivity contribution is 6.04. The van der Waals surface area contributed by atoms with E-state index < -0.39 is 0 Å². The minimum atomic E-state index is -0.198. The summed E-state index contributed by atoms with van der Waals surface area (Å²) in [6.07, 6.45) is 2.54. The van der Waals surface area contributed by atoms with E-state index in [9.17, 15) is 9.59 Å². The van der Waals surface area contributed by atoms with Crippen LogP contribution in [0.1, 0.15) is 29.8 Å². The first-order chi connectivity index (χ1) is 13.5. The molecule has 0 unspecified atom stereocenters. The van der Waals surface area contributed by atoms with Crippen molar-refractivity contribution < 1.29 is 9.59 Å². The van der Waals surface area contributed by atoms with Gasteiger partial charge in [0, 0.05) is 35.7 Å². The molecule has 0 spiro atoms. The SMILES string of the molecule is CCc1ccc(NC(=O)c2ccnc(Nc3ccc(NC(C)=O)cc3)c2)cc1. The molecule has 1 aromatic heterocycles. The number of pyridine rings is 1. The quantitative estimate of drug-likeness (QED) is 0.589. The Labute approximate surface area is 164 Å². The van der Waals surface area contributed by atoms with E-state index >= 15 is 0 Å².